The van der Waals surface area contributed by atoms with E-state index in [0.29, 0.717) is 22.6 Å². The Morgan fingerprint density at radius 1 is 1.24 bits per heavy atom. The van der Waals surface area contributed by atoms with E-state index < -0.39 is 17.8 Å². The molecule has 2 amide bonds. The summed E-state index contributed by atoms with van der Waals surface area (Å²) < 4.78 is 21.3. The third-order valence-corrected chi connectivity index (χ3v) is 6.50. The average molecular weight is 491 g/mol. The molecule has 0 fully saturated rings. The van der Waals surface area contributed by atoms with E-state index in [1.807, 2.05) is 0 Å². The summed E-state index contributed by atoms with van der Waals surface area (Å²) in [5, 5.41) is 10.9. The van der Waals surface area contributed by atoms with E-state index in [1.54, 1.807) is 32.0 Å². The molecule has 1 aromatic carbocycles. The number of fused-ring (bicyclic) bond motifs is 1. The number of primary amides is 1. The van der Waals surface area contributed by atoms with Gasteiger partial charge in [0.25, 0.3) is 11.1 Å². The van der Waals surface area contributed by atoms with Crippen LogP contribution in [-0.4, -0.2) is 47.1 Å². The first-order valence-corrected chi connectivity index (χ1v) is 11.4. The normalized spacial score (nSPS) is 11.9. The van der Waals surface area contributed by atoms with Crippen molar-refractivity contribution in [3.8, 4) is 23.0 Å². The van der Waals surface area contributed by atoms with Crippen molar-refractivity contribution in [2.75, 3.05) is 24.5 Å². The highest BCUT2D eigenvalue weighted by atomic mass is 32.2. The number of nitrogens with two attached hydrogens (primary N) is 1. The van der Waals surface area contributed by atoms with Crippen LogP contribution < -0.4 is 20.5 Å². The molecule has 3 N–H and O–H groups in total. The number of nitrogens with zero attached hydrogens (tertiary/aromatic N) is 2. The zero-order valence-electron chi connectivity index (χ0n) is 17.5. The Morgan fingerprint density at radius 2 is 2.03 bits per heavy atom. The summed E-state index contributed by atoms with van der Waals surface area (Å²) in [6.45, 7) is 3.53. The van der Waals surface area contributed by atoms with Crippen LogP contribution in [0.5, 0.6) is 11.5 Å². The highest BCUT2D eigenvalue weighted by molar-refractivity contribution is 7.99. The summed E-state index contributed by atoms with van der Waals surface area (Å²) in [6, 6.07) is 5.23. The molecule has 2 aromatic heterocycles. The van der Waals surface area contributed by atoms with Crippen molar-refractivity contribution < 1.29 is 33.0 Å². The van der Waals surface area contributed by atoms with Gasteiger partial charge in [-0.25, -0.2) is 4.79 Å². The van der Waals surface area contributed by atoms with Crippen molar-refractivity contribution in [3.63, 3.8) is 0 Å². The molecule has 172 valence electrons. The number of esters is 1. The highest BCUT2D eigenvalue weighted by Gasteiger charge is 2.26. The average Bonchev–Trinajstić information content (AvgIpc) is 3.50. The Hall–Kier alpha value is -3.58. The van der Waals surface area contributed by atoms with Gasteiger partial charge in [0.15, 0.2) is 11.5 Å². The van der Waals surface area contributed by atoms with Crippen molar-refractivity contribution >= 4 is 45.9 Å². The van der Waals surface area contributed by atoms with Gasteiger partial charge in [-0.3, -0.25) is 9.59 Å². The van der Waals surface area contributed by atoms with Gasteiger partial charge in [0.2, 0.25) is 18.6 Å². The maximum atomic E-state index is 12.5. The fourth-order valence-electron chi connectivity index (χ4n) is 2.99. The van der Waals surface area contributed by atoms with E-state index in [9.17, 15) is 14.4 Å². The number of hydrogen-bond donors (Lipinski definition) is 2. The minimum Gasteiger partial charge on any atom is -0.462 e. The number of anilines is 1. The molecule has 11 nitrogen and oxygen atoms in total. The number of hydrogen-bond acceptors (Lipinski definition) is 11. The second-order valence-corrected chi connectivity index (χ2v) is 8.57. The van der Waals surface area contributed by atoms with Crippen LogP contribution >= 0.6 is 23.1 Å². The van der Waals surface area contributed by atoms with Crippen LogP contribution in [0.4, 0.5) is 5.00 Å². The van der Waals surface area contributed by atoms with Gasteiger partial charge in [-0.15, -0.1) is 21.5 Å². The lowest BCUT2D eigenvalue weighted by Crippen LogP contribution is -2.16. The maximum absolute atomic E-state index is 12.5. The molecule has 0 atom stereocenters. The fraction of sp³-hybridized carbons (Fsp3) is 0.250. The van der Waals surface area contributed by atoms with Crippen molar-refractivity contribution in [2.24, 2.45) is 5.73 Å². The van der Waals surface area contributed by atoms with Crippen LogP contribution in [0.25, 0.3) is 11.5 Å². The molecule has 0 radical (unpaired) electrons. The lowest BCUT2D eigenvalue weighted by Gasteiger charge is -2.06. The van der Waals surface area contributed by atoms with Crippen molar-refractivity contribution in [1.82, 2.24) is 10.2 Å². The molecule has 1 aliphatic rings. The summed E-state index contributed by atoms with van der Waals surface area (Å²) in [7, 11) is 0. The van der Waals surface area contributed by atoms with Crippen LogP contribution in [0.2, 0.25) is 0 Å². The summed E-state index contributed by atoms with van der Waals surface area (Å²) in [5.41, 5.74) is 6.49. The molecule has 13 heteroatoms. The molecule has 3 aromatic rings. The first-order valence-electron chi connectivity index (χ1n) is 9.63. The Labute approximate surface area is 195 Å². The third-order valence-electron chi connectivity index (χ3n) is 4.46. The number of benzene rings is 1. The molecular formula is C20H18N4O7S2. The lowest BCUT2D eigenvalue weighted by molar-refractivity contribution is -0.113. The SMILES string of the molecule is CCOC(=O)c1c(NC(=O)CSc2nnc(-c3ccc4c(c3)OCO4)o2)sc(C(N)=O)c1C. The second-order valence-electron chi connectivity index (χ2n) is 6.62. The van der Waals surface area contributed by atoms with Crippen LogP contribution in [0.15, 0.2) is 27.8 Å². The van der Waals surface area contributed by atoms with E-state index in [4.69, 9.17) is 24.4 Å². The molecule has 0 saturated heterocycles. The molecule has 0 spiro atoms. The Morgan fingerprint density at radius 3 is 2.79 bits per heavy atom. The molecule has 0 bridgehead atoms. The van der Waals surface area contributed by atoms with Gasteiger partial charge in [-0.2, -0.15) is 0 Å². The number of aromatic nitrogens is 2. The first kappa shape index (κ1) is 22.6. The van der Waals surface area contributed by atoms with Crippen LogP contribution in [-0.2, 0) is 9.53 Å². The number of amides is 2. The van der Waals surface area contributed by atoms with Crippen molar-refractivity contribution in [1.29, 1.82) is 0 Å². The van der Waals surface area contributed by atoms with Gasteiger partial charge in [0.05, 0.1) is 22.8 Å². The molecule has 0 saturated carbocycles. The molecule has 3 heterocycles. The second kappa shape index (κ2) is 9.50. The van der Waals surface area contributed by atoms with Gasteiger partial charge >= 0.3 is 5.97 Å². The zero-order chi connectivity index (χ0) is 23.5. The van der Waals surface area contributed by atoms with Gasteiger partial charge in [-0.05, 0) is 37.6 Å². The molecule has 0 unspecified atom stereocenters. The fourth-order valence-corrected chi connectivity index (χ4v) is 4.62. The van der Waals surface area contributed by atoms with E-state index in [0.717, 1.165) is 23.1 Å². The molecule has 0 aliphatic carbocycles. The molecule has 1 aliphatic heterocycles. The largest absolute Gasteiger partial charge is 0.462 e. The standard InChI is InChI=1S/C20H18N4O7S2/c1-3-28-19(27)14-9(2)15(16(21)26)33-18(14)22-13(25)7-32-20-24-23-17(31-20)10-4-5-11-12(6-10)30-8-29-11/h4-6H,3,7-8H2,1-2H3,(H2,21,26)(H,22,25). The zero-order valence-corrected chi connectivity index (χ0v) is 19.1. The van der Waals surface area contributed by atoms with E-state index in [1.165, 1.54) is 0 Å². The molecule has 4 rings (SSSR count). The number of ether oxygens (including phenoxy) is 3. The van der Waals surface area contributed by atoms with Gasteiger partial charge < -0.3 is 29.7 Å². The lowest BCUT2D eigenvalue weighted by atomic mass is 10.1. The number of carbonyl (C=O) groups excluding carboxylic acids is 3. The highest BCUT2D eigenvalue weighted by Crippen LogP contribution is 2.36. The molecular weight excluding hydrogens is 472 g/mol. The molecule has 33 heavy (non-hydrogen) atoms. The summed E-state index contributed by atoms with van der Waals surface area (Å²) in [6.07, 6.45) is 0. The summed E-state index contributed by atoms with van der Waals surface area (Å²) >= 11 is 1.94. The topological polar surface area (TPSA) is 156 Å². The summed E-state index contributed by atoms with van der Waals surface area (Å²) in [5.74, 6) is -0.375. The monoisotopic (exact) mass is 490 g/mol. The minimum atomic E-state index is -0.695. The van der Waals surface area contributed by atoms with E-state index >= 15 is 0 Å². The van der Waals surface area contributed by atoms with Crippen LogP contribution in [0.3, 0.4) is 0 Å². The number of thioether (sulfide) groups is 1. The predicted octanol–water partition coefficient (Wildman–Crippen LogP) is 2.84. The van der Waals surface area contributed by atoms with Crippen molar-refractivity contribution in [2.45, 2.75) is 19.1 Å². The van der Waals surface area contributed by atoms with E-state index in [-0.39, 0.29) is 45.7 Å². The number of thiophene rings is 1. The van der Waals surface area contributed by atoms with Gasteiger partial charge in [-0.1, -0.05) is 11.8 Å². The van der Waals surface area contributed by atoms with E-state index in [2.05, 4.69) is 15.5 Å². The number of nitrogens with one attached hydrogen (secondary N) is 1. The predicted molar refractivity (Wildman–Crippen MR) is 119 cm³/mol. The minimum absolute atomic E-state index is 0.0755. The van der Waals surface area contributed by atoms with Crippen LogP contribution in [0.1, 0.15) is 32.5 Å². The Bertz CT molecular complexity index is 1240. The number of rotatable bonds is 8. The first-order chi connectivity index (χ1) is 15.9. The summed E-state index contributed by atoms with van der Waals surface area (Å²) in [4.78, 5) is 36.7. The Balaban J connectivity index is 1.43. The quantitative estimate of drug-likeness (QED) is 0.355. The third kappa shape index (κ3) is 4.78. The Kier molecular flexibility index (Phi) is 6.51. The smallest absolute Gasteiger partial charge is 0.341 e. The van der Waals surface area contributed by atoms with Crippen molar-refractivity contribution in [3.05, 3.63) is 34.2 Å². The number of carbonyl (C=O) groups is 3. The maximum Gasteiger partial charge on any atom is 0.341 e. The van der Waals surface area contributed by atoms with Crippen LogP contribution in [0, 0.1) is 6.92 Å². The van der Waals surface area contributed by atoms with Gasteiger partial charge in [0, 0.05) is 5.56 Å². The van der Waals surface area contributed by atoms with Gasteiger partial charge in [0.1, 0.15) is 5.00 Å².